The predicted octanol–water partition coefficient (Wildman–Crippen LogP) is 2.71. The molecule has 1 aliphatic rings. The molecule has 0 aliphatic carbocycles. The summed E-state index contributed by atoms with van der Waals surface area (Å²) in [6, 6.07) is 8.21. The van der Waals surface area contributed by atoms with Gasteiger partial charge in [-0.1, -0.05) is 12.2 Å². The first-order valence-electron chi connectivity index (χ1n) is 8.17. The van der Waals surface area contributed by atoms with Gasteiger partial charge in [0.05, 0.1) is 11.4 Å². The zero-order valence-electron chi connectivity index (χ0n) is 13.9. The van der Waals surface area contributed by atoms with Gasteiger partial charge in [0, 0.05) is 45.1 Å². The van der Waals surface area contributed by atoms with Gasteiger partial charge < -0.3 is 4.90 Å². The minimum absolute atomic E-state index is 0.926. The Bertz CT molecular complexity index is 673. The molecule has 0 amide bonds. The van der Waals surface area contributed by atoms with Crippen LogP contribution in [0.15, 0.2) is 42.7 Å². The van der Waals surface area contributed by atoms with Crippen molar-refractivity contribution < 1.29 is 0 Å². The smallest absolute Gasteiger partial charge is 0.0892 e. The van der Waals surface area contributed by atoms with Crippen molar-refractivity contribution in [3.63, 3.8) is 0 Å². The van der Waals surface area contributed by atoms with E-state index < -0.39 is 0 Å². The molecular formula is C19H24N4. The molecule has 2 aromatic rings. The second-order valence-electron chi connectivity index (χ2n) is 6.20. The lowest BCUT2D eigenvalue weighted by atomic mass is 10.1. The monoisotopic (exact) mass is 308 g/mol. The van der Waals surface area contributed by atoms with Crippen LogP contribution in [0.1, 0.15) is 11.1 Å². The summed E-state index contributed by atoms with van der Waals surface area (Å²) in [5, 5.41) is 0. The summed E-state index contributed by atoms with van der Waals surface area (Å²) >= 11 is 0. The van der Waals surface area contributed by atoms with Crippen LogP contribution in [0.4, 0.5) is 0 Å². The van der Waals surface area contributed by atoms with E-state index in [2.05, 4.69) is 58.0 Å². The molecule has 2 aromatic heterocycles. The Labute approximate surface area is 138 Å². The summed E-state index contributed by atoms with van der Waals surface area (Å²) in [6.45, 7) is 7.70. The van der Waals surface area contributed by atoms with Gasteiger partial charge in [-0.05, 0) is 49.4 Å². The van der Waals surface area contributed by atoms with E-state index in [1.54, 1.807) is 0 Å². The molecule has 3 heterocycles. The van der Waals surface area contributed by atoms with Crippen molar-refractivity contribution in [2.75, 3.05) is 39.8 Å². The van der Waals surface area contributed by atoms with Gasteiger partial charge in [-0.25, -0.2) is 0 Å². The first-order chi connectivity index (χ1) is 11.2. The molecule has 0 unspecified atom stereocenters. The van der Waals surface area contributed by atoms with Crippen molar-refractivity contribution in [1.29, 1.82) is 0 Å². The van der Waals surface area contributed by atoms with E-state index in [1.165, 1.54) is 11.1 Å². The van der Waals surface area contributed by atoms with Gasteiger partial charge in [0.1, 0.15) is 0 Å². The van der Waals surface area contributed by atoms with Gasteiger partial charge in [-0.2, -0.15) is 0 Å². The molecule has 23 heavy (non-hydrogen) atoms. The molecule has 0 radical (unpaired) electrons. The fourth-order valence-corrected chi connectivity index (χ4v) is 2.74. The lowest BCUT2D eigenvalue weighted by Gasteiger charge is -2.31. The van der Waals surface area contributed by atoms with E-state index in [9.17, 15) is 0 Å². The predicted molar refractivity (Wildman–Crippen MR) is 95.2 cm³/mol. The van der Waals surface area contributed by atoms with Crippen LogP contribution < -0.4 is 0 Å². The average Bonchev–Trinajstić information content (AvgIpc) is 2.57. The Morgan fingerprint density at radius 1 is 1.00 bits per heavy atom. The third-order valence-corrected chi connectivity index (χ3v) is 4.23. The molecule has 1 saturated heterocycles. The number of hydrogen-bond donors (Lipinski definition) is 0. The van der Waals surface area contributed by atoms with E-state index in [4.69, 9.17) is 0 Å². The molecule has 1 aliphatic heterocycles. The lowest BCUT2D eigenvalue weighted by Crippen LogP contribution is -2.44. The van der Waals surface area contributed by atoms with E-state index in [0.717, 1.165) is 44.1 Å². The van der Waals surface area contributed by atoms with E-state index in [-0.39, 0.29) is 0 Å². The third kappa shape index (κ3) is 4.47. The SMILES string of the molecule is Cc1ccnc(-c2cc(C=CCN3CCN(C)CC3)ccn2)c1. The highest BCUT2D eigenvalue weighted by Gasteiger charge is 2.11. The normalized spacial score (nSPS) is 17.0. The second-order valence-corrected chi connectivity index (χ2v) is 6.20. The third-order valence-electron chi connectivity index (χ3n) is 4.23. The maximum Gasteiger partial charge on any atom is 0.0892 e. The molecule has 4 nitrogen and oxygen atoms in total. The van der Waals surface area contributed by atoms with Crippen LogP contribution >= 0.6 is 0 Å². The molecule has 3 rings (SSSR count). The van der Waals surface area contributed by atoms with Crippen LogP contribution in [-0.2, 0) is 0 Å². The minimum atomic E-state index is 0.926. The van der Waals surface area contributed by atoms with Crippen LogP contribution in [0.25, 0.3) is 17.5 Å². The standard InChI is InChI=1S/C19H24N4/c1-16-5-7-20-18(14-16)19-15-17(6-8-21-19)4-3-9-23-12-10-22(2)11-13-23/h3-8,14-15H,9-13H2,1-2H3. The van der Waals surface area contributed by atoms with Crippen molar-refractivity contribution in [1.82, 2.24) is 19.8 Å². The number of piperazine rings is 1. The van der Waals surface area contributed by atoms with Crippen LogP contribution in [0.5, 0.6) is 0 Å². The van der Waals surface area contributed by atoms with Crippen molar-refractivity contribution in [3.8, 4) is 11.4 Å². The first-order valence-corrected chi connectivity index (χ1v) is 8.17. The Morgan fingerprint density at radius 3 is 2.43 bits per heavy atom. The maximum atomic E-state index is 4.44. The molecular weight excluding hydrogens is 284 g/mol. The number of rotatable bonds is 4. The summed E-state index contributed by atoms with van der Waals surface area (Å²) < 4.78 is 0. The van der Waals surface area contributed by atoms with Crippen LogP contribution in [-0.4, -0.2) is 59.5 Å². The van der Waals surface area contributed by atoms with Gasteiger partial charge in [0.15, 0.2) is 0 Å². The minimum Gasteiger partial charge on any atom is -0.304 e. The zero-order valence-corrected chi connectivity index (χ0v) is 13.9. The van der Waals surface area contributed by atoms with Crippen molar-refractivity contribution in [2.24, 2.45) is 0 Å². The molecule has 0 aromatic carbocycles. The van der Waals surface area contributed by atoms with E-state index in [0.29, 0.717) is 0 Å². The van der Waals surface area contributed by atoms with E-state index in [1.807, 2.05) is 24.5 Å². The number of aryl methyl sites for hydroxylation is 1. The summed E-state index contributed by atoms with van der Waals surface area (Å²) in [6.07, 6.45) is 8.12. The van der Waals surface area contributed by atoms with Crippen molar-refractivity contribution >= 4 is 6.08 Å². The molecule has 120 valence electrons. The molecule has 0 bridgehead atoms. The molecule has 0 spiro atoms. The highest BCUT2D eigenvalue weighted by atomic mass is 15.2. The summed E-state index contributed by atoms with van der Waals surface area (Å²) in [4.78, 5) is 13.7. The Morgan fingerprint density at radius 2 is 1.70 bits per heavy atom. The molecule has 1 fully saturated rings. The largest absolute Gasteiger partial charge is 0.304 e. The molecule has 0 saturated carbocycles. The molecule has 0 atom stereocenters. The van der Waals surface area contributed by atoms with Gasteiger partial charge in [-0.15, -0.1) is 0 Å². The topological polar surface area (TPSA) is 32.3 Å². The van der Waals surface area contributed by atoms with Crippen LogP contribution in [0.2, 0.25) is 0 Å². The quantitative estimate of drug-likeness (QED) is 0.869. The average molecular weight is 308 g/mol. The lowest BCUT2D eigenvalue weighted by molar-refractivity contribution is 0.167. The fourth-order valence-electron chi connectivity index (χ4n) is 2.74. The van der Waals surface area contributed by atoms with E-state index >= 15 is 0 Å². The highest BCUT2D eigenvalue weighted by Crippen LogP contribution is 2.17. The number of hydrogen-bond acceptors (Lipinski definition) is 4. The van der Waals surface area contributed by atoms with Crippen molar-refractivity contribution in [3.05, 3.63) is 53.9 Å². The zero-order chi connectivity index (χ0) is 16.1. The van der Waals surface area contributed by atoms with Gasteiger partial charge in [-0.3, -0.25) is 14.9 Å². The Balaban J connectivity index is 1.64. The first kappa shape index (κ1) is 15.8. The number of likely N-dealkylation sites (N-methyl/N-ethyl adjacent to an activating group) is 1. The number of pyridine rings is 2. The van der Waals surface area contributed by atoms with Gasteiger partial charge >= 0.3 is 0 Å². The van der Waals surface area contributed by atoms with Crippen LogP contribution in [0, 0.1) is 6.92 Å². The Kier molecular flexibility index (Phi) is 5.16. The maximum absolute atomic E-state index is 4.44. The second kappa shape index (κ2) is 7.49. The van der Waals surface area contributed by atoms with Crippen molar-refractivity contribution in [2.45, 2.75) is 6.92 Å². The fraction of sp³-hybridized carbons (Fsp3) is 0.368. The number of nitrogens with zero attached hydrogens (tertiary/aromatic N) is 4. The summed E-state index contributed by atoms with van der Waals surface area (Å²) in [5.41, 5.74) is 4.23. The molecule has 4 heteroatoms. The molecule has 0 N–H and O–H groups in total. The van der Waals surface area contributed by atoms with Gasteiger partial charge in [0.25, 0.3) is 0 Å². The Hall–Kier alpha value is -2.04. The summed E-state index contributed by atoms with van der Waals surface area (Å²) in [5.74, 6) is 0. The van der Waals surface area contributed by atoms with Gasteiger partial charge in [0.2, 0.25) is 0 Å². The highest BCUT2D eigenvalue weighted by molar-refractivity contribution is 5.60. The van der Waals surface area contributed by atoms with Crippen LogP contribution in [0.3, 0.4) is 0 Å². The summed E-state index contributed by atoms with van der Waals surface area (Å²) in [7, 11) is 2.19. The number of aromatic nitrogens is 2.